The molecule has 1 aromatic carbocycles. The van der Waals surface area contributed by atoms with Gasteiger partial charge in [-0.1, -0.05) is 17.7 Å². The van der Waals surface area contributed by atoms with Crippen LogP contribution in [0.2, 0.25) is 5.02 Å². The Hall–Kier alpha value is -1.99. The lowest BCUT2D eigenvalue weighted by atomic mass is 10.1. The number of hydrogen-bond donors (Lipinski definition) is 1. The third-order valence-corrected chi connectivity index (χ3v) is 3.14. The van der Waals surface area contributed by atoms with Gasteiger partial charge in [0.15, 0.2) is 0 Å². The van der Waals surface area contributed by atoms with Gasteiger partial charge in [0.2, 0.25) is 0 Å². The topological polar surface area (TPSA) is 64.3 Å². The van der Waals surface area contributed by atoms with Gasteiger partial charge in [-0.25, -0.2) is 4.79 Å². The molecule has 0 spiro atoms. The van der Waals surface area contributed by atoms with Crippen LogP contribution in [-0.4, -0.2) is 23.7 Å². The summed E-state index contributed by atoms with van der Waals surface area (Å²) in [7, 11) is 0. The molecule has 0 aliphatic carbocycles. The summed E-state index contributed by atoms with van der Waals surface area (Å²) in [6.07, 6.45) is 2.96. The Morgan fingerprint density at radius 2 is 2.25 bits per heavy atom. The highest BCUT2D eigenvalue weighted by atomic mass is 35.5. The number of rotatable bonds is 6. The largest absolute Gasteiger partial charge is 0.478 e. The van der Waals surface area contributed by atoms with E-state index in [9.17, 15) is 4.79 Å². The fourth-order valence-corrected chi connectivity index (χ4v) is 2.08. The smallest absolute Gasteiger partial charge is 0.328 e. The van der Waals surface area contributed by atoms with Gasteiger partial charge in [-0.05, 0) is 37.6 Å². The van der Waals surface area contributed by atoms with Crippen molar-refractivity contribution in [2.45, 2.75) is 26.3 Å². The quantitative estimate of drug-likeness (QED) is 0.814. The third-order valence-electron chi connectivity index (χ3n) is 2.81. The molecule has 5 heteroatoms. The monoisotopic (exact) mass is 292 g/mol. The molecule has 0 atom stereocenters. The van der Waals surface area contributed by atoms with E-state index >= 15 is 0 Å². The zero-order valence-corrected chi connectivity index (χ0v) is 12.3. The second-order valence-corrected chi connectivity index (χ2v) is 4.98. The molecule has 0 saturated carbocycles. The molecule has 1 N–H and O–H groups in total. The van der Waals surface area contributed by atoms with Crippen LogP contribution in [0, 0.1) is 11.3 Å². The molecule has 1 rings (SSSR count). The summed E-state index contributed by atoms with van der Waals surface area (Å²) in [6, 6.07) is 7.83. The predicted molar refractivity (Wildman–Crippen MR) is 80.8 cm³/mol. The summed E-state index contributed by atoms with van der Waals surface area (Å²) in [5.74, 6) is -1.01. The number of halogens is 1. The maximum absolute atomic E-state index is 10.5. The van der Waals surface area contributed by atoms with Gasteiger partial charge in [-0.3, -0.25) is 0 Å². The summed E-state index contributed by atoms with van der Waals surface area (Å²) in [5.41, 5.74) is 1.58. The molecule has 4 nitrogen and oxygen atoms in total. The zero-order valence-electron chi connectivity index (χ0n) is 11.5. The van der Waals surface area contributed by atoms with Gasteiger partial charge in [0.05, 0.1) is 12.5 Å². The van der Waals surface area contributed by atoms with E-state index in [1.54, 1.807) is 12.1 Å². The number of carboxylic acid groups (broad SMARTS) is 1. The van der Waals surface area contributed by atoms with Crippen LogP contribution in [0.25, 0.3) is 6.08 Å². The van der Waals surface area contributed by atoms with Crippen molar-refractivity contribution in [1.82, 2.24) is 0 Å². The summed E-state index contributed by atoms with van der Waals surface area (Å²) in [5, 5.41) is 17.8. The van der Waals surface area contributed by atoms with E-state index in [1.165, 1.54) is 6.08 Å². The summed E-state index contributed by atoms with van der Waals surface area (Å²) in [6.45, 7) is 4.72. The number of nitriles is 1. The first-order chi connectivity index (χ1) is 9.45. The molecule has 0 saturated heterocycles. The molecule has 0 unspecified atom stereocenters. The van der Waals surface area contributed by atoms with Gasteiger partial charge >= 0.3 is 5.97 Å². The Morgan fingerprint density at radius 1 is 1.55 bits per heavy atom. The summed E-state index contributed by atoms with van der Waals surface area (Å²) < 4.78 is 0. The Morgan fingerprint density at radius 3 is 2.75 bits per heavy atom. The van der Waals surface area contributed by atoms with Crippen LogP contribution >= 0.6 is 11.6 Å². The van der Waals surface area contributed by atoms with Crippen LogP contribution in [0.1, 0.15) is 25.8 Å². The summed E-state index contributed by atoms with van der Waals surface area (Å²) in [4.78, 5) is 12.6. The lowest BCUT2D eigenvalue weighted by Crippen LogP contribution is -2.31. The van der Waals surface area contributed by atoms with E-state index in [0.717, 1.165) is 11.8 Å². The van der Waals surface area contributed by atoms with E-state index in [-0.39, 0.29) is 6.04 Å². The minimum absolute atomic E-state index is 0.250. The Labute approximate surface area is 123 Å². The Kier molecular flexibility index (Phi) is 6.08. The van der Waals surface area contributed by atoms with E-state index in [4.69, 9.17) is 22.0 Å². The molecule has 0 amide bonds. The van der Waals surface area contributed by atoms with Crippen molar-refractivity contribution in [2.24, 2.45) is 0 Å². The van der Waals surface area contributed by atoms with Crippen molar-refractivity contribution in [3.05, 3.63) is 34.9 Å². The van der Waals surface area contributed by atoms with Crippen molar-refractivity contribution in [3.63, 3.8) is 0 Å². The van der Waals surface area contributed by atoms with Crippen molar-refractivity contribution in [1.29, 1.82) is 5.26 Å². The van der Waals surface area contributed by atoms with Crippen molar-refractivity contribution >= 4 is 29.3 Å². The van der Waals surface area contributed by atoms with Gasteiger partial charge in [-0.15, -0.1) is 0 Å². The van der Waals surface area contributed by atoms with Crippen molar-refractivity contribution in [2.75, 3.05) is 11.4 Å². The van der Waals surface area contributed by atoms with E-state index < -0.39 is 5.97 Å². The van der Waals surface area contributed by atoms with Crippen LogP contribution in [0.5, 0.6) is 0 Å². The van der Waals surface area contributed by atoms with Crippen LogP contribution in [0.15, 0.2) is 24.3 Å². The van der Waals surface area contributed by atoms with Crippen molar-refractivity contribution < 1.29 is 9.90 Å². The number of carboxylic acids is 1. The average Bonchev–Trinajstić information content (AvgIpc) is 2.37. The minimum atomic E-state index is -1.01. The molecular weight excluding hydrogens is 276 g/mol. The molecule has 106 valence electrons. The first kappa shape index (κ1) is 16.1. The molecule has 0 fully saturated rings. The molecule has 0 bridgehead atoms. The Balaban J connectivity index is 3.00. The normalized spacial score (nSPS) is 10.8. The fraction of sp³-hybridized carbons (Fsp3) is 0.333. The van der Waals surface area contributed by atoms with Crippen molar-refractivity contribution in [3.8, 4) is 6.07 Å². The van der Waals surface area contributed by atoms with Gasteiger partial charge in [0, 0.05) is 29.4 Å². The third kappa shape index (κ3) is 4.60. The lowest BCUT2D eigenvalue weighted by Gasteiger charge is -2.28. The molecule has 0 aliphatic rings. The molecule has 0 radical (unpaired) electrons. The van der Waals surface area contributed by atoms with Gasteiger partial charge in [0.25, 0.3) is 0 Å². The SMILES string of the molecule is CC(C)N(CCC#N)c1ccc(/C=C/C(=O)O)c(Cl)c1. The first-order valence-electron chi connectivity index (χ1n) is 6.30. The number of anilines is 1. The van der Waals surface area contributed by atoms with Gasteiger partial charge in [0.1, 0.15) is 0 Å². The number of carbonyl (C=O) groups is 1. The number of hydrogen-bond acceptors (Lipinski definition) is 3. The number of aliphatic carboxylic acids is 1. The number of nitrogens with zero attached hydrogens (tertiary/aromatic N) is 2. The molecule has 1 aromatic rings. The van der Waals surface area contributed by atoms with E-state index in [1.807, 2.05) is 19.9 Å². The predicted octanol–water partition coefficient (Wildman–Crippen LogP) is 3.57. The van der Waals surface area contributed by atoms with E-state index in [0.29, 0.717) is 23.6 Å². The fourth-order valence-electron chi connectivity index (χ4n) is 1.85. The molecule has 0 heterocycles. The van der Waals surface area contributed by atoms with E-state index in [2.05, 4.69) is 11.0 Å². The highest BCUT2D eigenvalue weighted by Crippen LogP contribution is 2.26. The number of benzene rings is 1. The highest BCUT2D eigenvalue weighted by molar-refractivity contribution is 6.32. The van der Waals surface area contributed by atoms with Gasteiger partial charge < -0.3 is 10.0 Å². The molecule has 20 heavy (non-hydrogen) atoms. The standard InChI is InChI=1S/C15H17ClN2O2/c1-11(2)18(9-3-8-17)13-6-4-12(14(16)10-13)5-7-15(19)20/h4-7,10-11H,3,9H2,1-2H3,(H,19,20)/b7-5+. The minimum Gasteiger partial charge on any atom is -0.478 e. The maximum atomic E-state index is 10.5. The molecule has 0 aromatic heterocycles. The average molecular weight is 293 g/mol. The summed E-state index contributed by atoms with van der Waals surface area (Å²) >= 11 is 6.16. The lowest BCUT2D eigenvalue weighted by molar-refractivity contribution is -0.131. The van der Waals surface area contributed by atoms with Gasteiger partial charge in [-0.2, -0.15) is 5.26 Å². The second-order valence-electron chi connectivity index (χ2n) is 4.57. The maximum Gasteiger partial charge on any atom is 0.328 e. The Bertz CT molecular complexity index is 547. The second kappa shape index (κ2) is 7.56. The highest BCUT2D eigenvalue weighted by Gasteiger charge is 2.11. The van der Waals surface area contributed by atoms with Crippen LogP contribution < -0.4 is 4.90 Å². The first-order valence-corrected chi connectivity index (χ1v) is 6.67. The molecular formula is C15H17ClN2O2. The van der Waals surface area contributed by atoms with Crippen LogP contribution in [-0.2, 0) is 4.79 Å². The molecule has 0 aliphatic heterocycles. The van der Waals surface area contributed by atoms with Crippen LogP contribution in [0.3, 0.4) is 0 Å². The zero-order chi connectivity index (χ0) is 15.1. The van der Waals surface area contributed by atoms with Crippen LogP contribution in [0.4, 0.5) is 5.69 Å².